The molecule has 8 aromatic carbocycles. The van der Waals surface area contributed by atoms with Crippen LogP contribution in [-0.4, -0.2) is 0 Å². The van der Waals surface area contributed by atoms with Gasteiger partial charge in [-0.2, -0.15) is 0 Å². The second-order valence-corrected chi connectivity index (χ2v) is 44.8. The Bertz CT molecular complexity index is 3700. The molecular formula is C128H224. The molecule has 8 aromatic rings. The molecule has 0 heterocycles. The highest BCUT2D eigenvalue weighted by Gasteiger charge is 2.48. The maximum Gasteiger partial charge on any atom is 0.00216 e. The molecule has 0 bridgehead atoms. The van der Waals surface area contributed by atoms with Crippen molar-refractivity contribution in [3.05, 3.63) is 287 Å². The van der Waals surface area contributed by atoms with E-state index in [2.05, 4.69) is 533 Å². The van der Waals surface area contributed by atoms with E-state index >= 15 is 0 Å². The predicted molar refractivity (Wildman–Crippen MR) is 599 cm³/mol. The molecular weight excluding hydrogens is 1540 g/mol. The van der Waals surface area contributed by atoms with Crippen LogP contribution in [0.2, 0.25) is 0 Å². The zero-order chi connectivity index (χ0) is 103. The molecule has 0 fully saturated rings. The van der Waals surface area contributed by atoms with Crippen LogP contribution in [0.15, 0.2) is 243 Å². The van der Waals surface area contributed by atoms with Crippen molar-refractivity contribution in [2.75, 3.05) is 0 Å². The average Bonchev–Trinajstić information content (AvgIpc) is 0.748. The topological polar surface area (TPSA) is 0 Å². The SMILES string of the molecule is CC.CC.CC.CC.CC.CC.CC.CC.CC(C)(C)C(C)(C)c1ccccc1.CC(C)(C)C(C)(c1ccccc1)C(C)(C)C.CC(C)(C)C(c1ccccc1)C(C)(C)C.CC(C)C(C)(c1ccccc1)C(C)(C)C.CC(C)C(c1ccccc1)C(C)(C)C.CC(c1ccccc1)C(C)(C)C.CCC(C)(c1ccccc1)C(C)(C)C.CCC(c1ccccc1)C(C)(C)C. The molecule has 0 aliphatic rings. The van der Waals surface area contributed by atoms with E-state index in [9.17, 15) is 0 Å². The quantitative estimate of drug-likeness (QED) is 0.114. The fraction of sp³-hybridized carbons (Fsp3) is 0.625. The van der Waals surface area contributed by atoms with Crippen molar-refractivity contribution in [2.24, 2.45) is 66.0 Å². The number of benzene rings is 8. The second-order valence-electron chi connectivity index (χ2n) is 44.8. The summed E-state index contributed by atoms with van der Waals surface area (Å²) < 4.78 is 0. The minimum Gasteiger partial charge on any atom is -0.0683 e. The highest BCUT2D eigenvalue weighted by molar-refractivity contribution is 5.33. The Balaban J connectivity index is -0.000000209. The van der Waals surface area contributed by atoms with Gasteiger partial charge in [-0.05, 0) is 163 Å². The van der Waals surface area contributed by atoms with E-state index in [-0.39, 0.29) is 37.9 Å². The zero-order valence-corrected chi connectivity index (χ0v) is 97.0. The van der Waals surface area contributed by atoms with Crippen molar-refractivity contribution in [3.63, 3.8) is 0 Å². The normalized spacial score (nSPS) is 13.1. The molecule has 0 saturated heterocycles. The third-order valence-corrected chi connectivity index (χ3v) is 26.5. The molecule has 736 valence electrons. The fourth-order valence-electron chi connectivity index (χ4n) is 17.2. The third kappa shape index (κ3) is 47.9. The van der Waals surface area contributed by atoms with Gasteiger partial charge < -0.3 is 0 Å². The van der Waals surface area contributed by atoms with Gasteiger partial charge in [-0.25, -0.2) is 0 Å². The summed E-state index contributed by atoms with van der Waals surface area (Å²) in [6.07, 6.45) is 2.40. The first-order valence-electron chi connectivity index (χ1n) is 51.3. The van der Waals surface area contributed by atoms with Gasteiger partial charge in [0.05, 0.1) is 0 Å². The highest BCUT2D eigenvalue weighted by Crippen LogP contribution is 2.54. The highest BCUT2D eigenvalue weighted by atomic mass is 14.5. The first-order chi connectivity index (χ1) is 58.9. The largest absolute Gasteiger partial charge is 0.0683 e. The lowest BCUT2D eigenvalue weighted by Gasteiger charge is -2.52. The summed E-state index contributed by atoms with van der Waals surface area (Å²) in [4.78, 5) is 0. The minimum absolute atomic E-state index is 0.168. The van der Waals surface area contributed by atoms with Gasteiger partial charge in [0.1, 0.15) is 0 Å². The summed E-state index contributed by atoms with van der Waals surface area (Å²) in [6.45, 7) is 129. The molecule has 0 N–H and O–H groups in total. The van der Waals surface area contributed by atoms with E-state index < -0.39 is 0 Å². The number of hydrogen-bond donors (Lipinski definition) is 0. The Kier molecular flexibility index (Phi) is 71.0. The molecule has 5 unspecified atom stereocenters. The standard InChI is InChI=1S/C16H26.2C15H24.2C14H22.2C13H20.C12H18.8C2H6/c1-14(2,3)16(7,15(4,5)6)13-11-9-8-10-12-13;1-14(2,3)13(15(4,5)6)12-10-8-7-9-11-12;1-12(2)15(6,14(3,4)5)13-10-8-7-9-11-13;1-11(2)13(14(3,4)5)12-9-7-6-8-10-12;1-6-14(5,13(2,3)4)12-10-8-7-9-11-12;1-12(2,3)13(4,5)11-9-7-6-8-10-11;1-5-12(13(2,3)4)11-9-7-6-8-10-11;1-10(12(2,3)4)11-8-6-5-7-9-11;8*1-2/h8-12H,1-7H3;7-11,13H,1-6H3;7-12H,1-6H3;6-11,13H,1-5H3;7-11H,6H2,1-5H3;6-10H,1-5H3;6-10,12H,5H2,1-4H3;5-10H,1-4H3;8*1-2H3. The third-order valence-electron chi connectivity index (χ3n) is 26.5. The van der Waals surface area contributed by atoms with Gasteiger partial charge >= 0.3 is 0 Å². The van der Waals surface area contributed by atoms with Crippen LogP contribution in [0.3, 0.4) is 0 Å². The molecule has 0 aromatic heterocycles. The summed E-state index contributed by atoms with van der Waals surface area (Å²) in [5.41, 5.74) is 15.6. The molecule has 0 saturated carbocycles. The van der Waals surface area contributed by atoms with Gasteiger partial charge in [-0.3, -0.25) is 0 Å². The second kappa shape index (κ2) is 66.2. The molecule has 0 spiro atoms. The van der Waals surface area contributed by atoms with Crippen molar-refractivity contribution in [1.29, 1.82) is 0 Å². The Morgan fingerprint density at radius 1 is 0.219 bits per heavy atom. The maximum absolute atomic E-state index is 2.39. The Morgan fingerprint density at radius 2 is 0.469 bits per heavy atom. The van der Waals surface area contributed by atoms with Crippen molar-refractivity contribution >= 4 is 0 Å². The Labute approximate surface area is 807 Å². The monoisotopic (exact) mass is 1760 g/mol. The molecule has 5 atom stereocenters. The Hall–Kier alpha value is -6.24. The maximum atomic E-state index is 2.39. The van der Waals surface area contributed by atoms with Crippen LogP contribution in [0.5, 0.6) is 0 Å². The number of hydrogen-bond acceptors (Lipinski definition) is 0. The van der Waals surface area contributed by atoms with Crippen LogP contribution in [0, 0.1) is 66.0 Å². The lowest BCUT2D eigenvalue weighted by molar-refractivity contribution is 0.0694. The van der Waals surface area contributed by atoms with Crippen molar-refractivity contribution in [3.8, 4) is 0 Å². The number of rotatable bonds is 12. The Morgan fingerprint density at radius 3 is 0.680 bits per heavy atom. The van der Waals surface area contributed by atoms with Crippen molar-refractivity contribution < 1.29 is 0 Å². The first-order valence-corrected chi connectivity index (χ1v) is 51.3. The lowest BCUT2D eigenvalue weighted by atomic mass is 9.52. The summed E-state index contributed by atoms with van der Waals surface area (Å²) in [6, 6.07) is 86.6. The summed E-state index contributed by atoms with van der Waals surface area (Å²) in [5, 5.41) is 0. The molecule has 0 radical (unpaired) electrons. The molecule has 8 rings (SSSR count). The van der Waals surface area contributed by atoms with Crippen molar-refractivity contribution in [2.45, 2.75) is 460 Å². The predicted octanol–water partition coefficient (Wildman–Crippen LogP) is 43.7. The van der Waals surface area contributed by atoms with Crippen molar-refractivity contribution in [1.82, 2.24) is 0 Å². The molecule has 128 heavy (non-hydrogen) atoms. The van der Waals surface area contributed by atoms with Gasteiger partial charge in [-0.15, -0.1) is 0 Å². The van der Waals surface area contributed by atoms with Crippen LogP contribution in [0.25, 0.3) is 0 Å². The van der Waals surface area contributed by atoms with E-state index in [1.807, 2.05) is 111 Å². The lowest BCUT2D eigenvalue weighted by Crippen LogP contribution is -2.47. The van der Waals surface area contributed by atoms with E-state index in [4.69, 9.17) is 0 Å². The molecule has 0 amide bonds. The first kappa shape index (κ1) is 137. The van der Waals surface area contributed by atoms with Crippen LogP contribution >= 0.6 is 0 Å². The molecule has 0 aliphatic carbocycles. The van der Waals surface area contributed by atoms with E-state index in [0.29, 0.717) is 73.4 Å². The van der Waals surface area contributed by atoms with Gasteiger partial charge in [0.25, 0.3) is 0 Å². The van der Waals surface area contributed by atoms with Crippen LogP contribution < -0.4 is 0 Å². The molecule has 0 heteroatoms. The van der Waals surface area contributed by atoms with Crippen LogP contribution in [0.1, 0.15) is 483 Å². The van der Waals surface area contributed by atoms with Gasteiger partial charge in [0, 0.05) is 5.41 Å². The molecule has 0 nitrogen and oxygen atoms in total. The van der Waals surface area contributed by atoms with Crippen LogP contribution in [0.4, 0.5) is 0 Å². The summed E-state index contributed by atoms with van der Waals surface area (Å²) >= 11 is 0. The molecule has 0 aliphatic heterocycles. The van der Waals surface area contributed by atoms with E-state index in [1.165, 1.54) is 57.3 Å². The van der Waals surface area contributed by atoms with Crippen LogP contribution in [-0.2, 0) is 21.7 Å². The fourth-order valence-corrected chi connectivity index (χ4v) is 17.2. The van der Waals surface area contributed by atoms with Gasteiger partial charge in [0.2, 0.25) is 0 Å². The van der Waals surface area contributed by atoms with Gasteiger partial charge in [0.15, 0.2) is 0 Å². The van der Waals surface area contributed by atoms with E-state index in [1.54, 1.807) is 0 Å². The zero-order valence-electron chi connectivity index (χ0n) is 97.0. The smallest absolute Gasteiger partial charge is 0.00216 e. The van der Waals surface area contributed by atoms with E-state index in [0.717, 1.165) is 0 Å². The van der Waals surface area contributed by atoms with Gasteiger partial charge in [-0.1, -0.05) is 644 Å². The summed E-state index contributed by atoms with van der Waals surface area (Å²) in [7, 11) is 0. The summed E-state index contributed by atoms with van der Waals surface area (Å²) in [5.74, 6) is 3.86. The average molecular weight is 1760 g/mol. The minimum atomic E-state index is 0.168.